The minimum atomic E-state index is -4.67. The SMILES string of the molecule is CC(C)c1ccc(C(C)NC(=O)C(F)(F)C(F)F)cc1. The molecule has 0 saturated heterocycles. The first-order valence-corrected chi connectivity index (χ1v) is 6.23. The first-order valence-electron chi connectivity index (χ1n) is 6.23. The Morgan fingerprint density at radius 3 is 1.90 bits per heavy atom. The molecular formula is C14H17F4NO. The van der Waals surface area contributed by atoms with Gasteiger partial charge in [0.2, 0.25) is 0 Å². The number of amides is 1. The molecule has 0 aromatic heterocycles. The van der Waals surface area contributed by atoms with E-state index in [9.17, 15) is 22.4 Å². The van der Waals surface area contributed by atoms with Gasteiger partial charge in [0.05, 0.1) is 6.04 Å². The predicted octanol–water partition coefficient (Wildman–Crippen LogP) is 3.89. The molecule has 1 amide bonds. The van der Waals surface area contributed by atoms with E-state index in [2.05, 4.69) is 0 Å². The molecule has 0 fully saturated rings. The summed E-state index contributed by atoms with van der Waals surface area (Å²) in [6.07, 6.45) is -4.02. The maximum atomic E-state index is 12.8. The Kier molecular flexibility index (Phi) is 5.14. The minimum Gasteiger partial charge on any atom is -0.344 e. The molecule has 20 heavy (non-hydrogen) atoms. The van der Waals surface area contributed by atoms with Crippen molar-refractivity contribution < 1.29 is 22.4 Å². The molecular weight excluding hydrogens is 274 g/mol. The van der Waals surface area contributed by atoms with Crippen molar-refractivity contribution in [2.75, 3.05) is 0 Å². The van der Waals surface area contributed by atoms with Gasteiger partial charge < -0.3 is 5.32 Å². The van der Waals surface area contributed by atoms with E-state index in [-0.39, 0.29) is 0 Å². The summed E-state index contributed by atoms with van der Waals surface area (Å²) < 4.78 is 49.7. The van der Waals surface area contributed by atoms with Crippen LogP contribution in [0.15, 0.2) is 24.3 Å². The van der Waals surface area contributed by atoms with E-state index in [1.54, 1.807) is 12.1 Å². The fourth-order valence-electron chi connectivity index (χ4n) is 1.64. The Morgan fingerprint density at radius 1 is 1.05 bits per heavy atom. The summed E-state index contributed by atoms with van der Waals surface area (Å²) in [5, 5.41) is 1.90. The number of rotatable bonds is 5. The number of benzene rings is 1. The highest BCUT2D eigenvalue weighted by molar-refractivity contribution is 5.84. The van der Waals surface area contributed by atoms with Gasteiger partial charge in [-0.1, -0.05) is 38.1 Å². The fourth-order valence-corrected chi connectivity index (χ4v) is 1.64. The number of nitrogens with one attached hydrogen (secondary N) is 1. The van der Waals surface area contributed by atoms with Crippen LogP contribution in [0, 0.1) is 0 Å². The van der Waals surface area contributed by atoms with E-state index >= 15 is 0 Å². The molecule has 0 radical (unpaired) electrons. The lowest BCUT2D eigenvalue weighted by atomic mass is 9.99. The van der Waals surface area contributed by atoms with Gasteiger partial charge in [0.15, 0.2) is 0 Å². The maximum absolute atomic E-state index is 12.8. The van der Waals surface area contributed by atoms with Gasteiger partial charge in [-0.15, -0.1) is 0 Å². The molecule has 1 unspecified atom stereocenters. The van der Waals surface area contributed by atoms with Crippen molar-refractivity contribution in [2.24, 2.45) is 0 Å². The lowest BCUT2D eigenvalue weighted by molar-refractivity contribution is -0.170. The van der Waals surface area contributed by atoms with Gasteiger partial charge in [0.1, 0.15) is 0 Å². The van der Waals surface area contributed by atoms with Gasteiger partial charge in [-0.25, -0.2) is 8.78 Å². The van der Waals surface area contributed by atoms with Crippen LogP contribution < -0.4 is 5.32 Å². The second kappa shape index (κ2) is 6.24. The van der Waals surface area contributed by atoms with Gasteiger partial charge in [-0.05, 0) is 24.0 Å². The summed E-state index contributed by atoms with van der Waals surface area (Å²) in [6, 6.07) is 6.22. The summed E-state index contributed by atoms with van der Waals surface area (Å²) in [5.41, 5.74) is 1.64. The molecule has 0 spiro atoms. The van der Waals surface area contributed by atoms with Crippen molar-refractivity contribution in [3.05, 3.63) is 35.4 Å². The molecule has 0 heterocycles. The molecule has 0 saturated carbocycles. The van der Waals surface area contributed by atoms with E-state index in [1.165, 1.54) is 6.92 Å². The number of alkyl halides is 4. The van der Waals surface area contributed by atoms with E-state index in [0.717, 1.165) is 5.56 Å². The predicted molar refractivity (Wildman–Crippen MR) is 68.0 cm³/mol. The topological polar surface area (TPSA) is 29.1 Å². The first-order chi connectivity index (χ1) is 9.16. The normalized spacial score (nSPS) is 13.7. The summed E-state index contributed by atoms with van der Waals surface area (Å²) in [5.74, 6) is -6.32. The molecule has 0 aliphatic heterocycles. The van der Waals surface area contributed by atoms with Gasteiger partial charge in [-0.2, -0.15) is 8.78 Å². The van der Waals surface area contributed by atoms with Crippen LogP contribution in [-0.4, -0.2) is 18.3 Å². The highest BCUT2D eigenvalue weighted by Gasteiger charge is 2.49. The minimum absolute atomic E-state index is 0.317. The van der Waals surface area contributed by atoms with Gasteiger partial charge in [-0.3, -0.25) is 4.79 Å². The van der Waals surface area contributed by atoms with E-state index < -0.39 is 24.3 Å². The molecule has 0 bridgehead atoms. The van der Waals surface area contributed by atoms with E-state index in [0.29, 0.717) is 11.5 Å². The highest BCUT2D eigenvalue weighted by atomic mass is 19.3. The number of carbonyl (C=O) groups excluding carboxylic acids is 1. The maximum Gasteiger partial charge on any atom is 0.383 e. The number of halogens is 4. The van der Waals surface area contributed by atoms with Crippen molar-refractivity contribution in [1.29, 1.82) is 0 Å². The van der Waals surface area contributed by atoms with E-state index in [4.69, 9.17) is 0 Å². The zero-order chi connectivity index (χ0) is 15.5. The molecule has 1 aromatic rings. The number of carbonyl (C=O) groups is 1. The lowest BCUT2D eigenvalue weighted by Gasteiger charge is -2.19. The Bertz CT molecular complexity index is 457. The number of hydrogen-bond acceptors (Lipinski definition) is 1. The Balaban J connectivity index is 2.76. The van der Waals surface area contributed by atoms with Crippen LogP contribution in [0.4, 0.5) is 17.6 Å². The molecule has 0 aliphatic carbocycles. The summed E-state index contributed by atoms with van der Waals surface area (Å²) in [6.45, 7) is 5.47. The molecule has 1 N–H and O–H groups in total. The zero-order valence-corrected chi connectivity index (χ0v) is 11.5. The molecule has 1 aromatic carbocycles. The smallest absolute Gasteiger partial charge is 0.344 e. The van der Waals surface area contributed by atoms with Crippen molar-refractivity contribution in [3.63, 3.8) is 0 Å². The molecule has 112 valence electrons. The first kappa shape index (κ1) is 16.5. The highest BCUT2D eigenvalue weighted by Crippen LogP contribution is 2.25. The second-order valence-electron chi connectivity index (χ2n) is 4.94. The summed E-state index contributed by atoms with van der Waals surface area (Å²) in [4.78, 5) is 11.1. The molecule has 0 aliphatic rings. The quantitative estimate of drug-likeness (QED) is 0.819. The number of hydrogen-bond donors (Lipinski definition) is 1. The molecule has 1 rings (SSSR count). The summed E-state index contributed by atoms with van der Waals surface area (Å²) in [7, 11) is 0. The van der Waals surface area contributed by atoms with E-state index in [1.807, 2.05) is 31.3 Å². The van der Waals surface area contributed by atoms with Gasteiger partial charge in [0, 0.05) is 0 Å². The van der Waals surface area contributed by atoms with Gasteiger partial charge >= 0.3 is 12.3 Å². The van der Waals surface area contributed by atoms with Crippen molar-refractivity contribution in [2.45, 2.75) is 45.1 Å². The van der Waals surface area contributed by atoms with Crippen LogP contribution in [0.3, 0.4) is 0 Å². The monoisotopic (exact) mass is 291 g/mol. The third-order valence-corrected chi connectivity index (χ3v) is 3.03. The van der Waals surface area contributed by atoms with Crippen LogP contribution >= 0.6 is 0 Å². The van der Waals surface area contributed by atoms with Crippen LogP contribution in [0.2, 0.25) is 0 Å². The molecule has 6 heteroatoms. The Morgan fingerprint density at radius 2 is 1.50 bits per heavy atom. The fraction of sp³-hybridized carbons (Fsp3) is 0.500. The van der Waals surface area contributed by atoms with Crippen LogP contribution in [0.5, 0.6) is 0 Å². The summed E-state index contributed by atoms with van der Waals surface area (Å²) >= 11 is 0. The lowest BCUT2D eigenvalue weighted by Crippen LogP contribution is -2.45. The second-order valence-corrected chi connectivity index (χ2v) is 4.94. The van der Waals surface area contributed by atoms with Crippen LogP contribution in [-0.2, 0) is 4.79 Å². The van der Waals surface area contributed by atoms with Crippen LogP contribution in [0.25, 0.3) is 0 Å². The van der Waals surface area contributed by atoms with Crippen molar-refractivity contribution in [1.82, 2.24) is 5.32 Å². The average Bonchev–Trinajstić information content (AvgIpc) is 2.38. The van der Waals surface area contributed by atoms with Gasteiger partial charge in [0.25, 0.3) is 5.91 Å². The Labute approximate surface area is 115 Å². The van der Waals surface area contributed by atoms with Crippen LogP contribution in [0.1, 0.15) is 43.9 Å². The molecule has 2 nitrogen and oxygen atoms in total. The largest absolute Gasteiger partial charge is 0.383 e. The third-order valence-electron chi connectivity index (χ3n) is 3.03. The Hall–Kier alpha value is -1.59. The van der Waals surface area contributed by atoms with Crippen molar-refractivity contribution in [3.8, 4) is 0 Å². The standard InChI is InChI=1S/C14H17F4NO/c1-8(2)10-4-6-11(7-5-10)9(3)19-13(20)14(17,18)12(15)16/h4-9,12H,1-3H3,(H,19,20). The average molecular weight is 291 g/mol. The zero-order valence-electron chi connectivity index (χ0n) is 11.5. The van der Waals surface area contributed by atoms with Crippen molar-refractivity contribution >= 4 is 5.91 Å². The third kappa shape index (κ3) is 3.71. The molecule has 1 atom stereocenters.